The lowest BCUT2D eigenvalue weighted by molar-refractivity contribution is 0.805. The third kappa shape index (κ3) is 3.47. The highest BCUT2D eigenvalue weighted by Crippen LogP contribution is 2.21. The lowest BCUT2D eigenvalue weighted by Gasteiger charge is -2.23. The molecule has 0 unspecified atom stereocenters. The molecule has 0 aliphatic rings. The summed E-state index contributed by atoms with van der Waals surface area (Å²) in [6, 6.07) is 12.3. The Kier molecular flexibility index (Phi) is 4.05. The van der Waals surface area contributed by atoms with Crippen molar-refractivity contribution >= 4 is 11.4 Å². The van der Waals surface area contributed by atoms with E-state index in [2.05, 4.69) is 41.9 Å². The molecule has 1 aromatic heterocycles. The van der Waals surface area contributed by atoms with Crippen molar-refractivity contribution in [2.75, 3.05) is 17.2 Å². The van der Waals surface area contributed by atoms with Gasteiger partial charge in [0.2, 0.25) is 0 Å². The van der Waals surface area contributed by atoms with Crippen molar-refractivity contribution in [1.29, 1.82) is 0 Å². The van der Waals surface area contributed by atoms with E-state index in [-0.39, 0.29) is 0 Å². The third-order valence-electron chi connectivity index (χ3n) is 3.13. The van der Waals surface area contributed by atoms with Crippen molar-refractivity contribution in [2.24, 2.45) is 0 Å². The molecule has 0 fully saturated rings. The van der Waals surface area contributed by atoms with Gasteiger partial charge in [0.15, 0.2) is 0 Å². The van der Waals surface area contributed by atoms with Crippen molar-refractivity contribution in [3.05, 3.63) is 53.3 Å². The highest BCUT2D eigenvalue weighted by Gasteiger charge is 2.07. The summed E-state index contributed by atoms with van der Waals surface area (Å²) in [4.78, 5) is 6.84. The number of aromatic nitrogens is 1. The fourth-order valence-electron chi connectivity index (χ4n) is 2.24. The van der Waals surface area contributed by atoms with Crippen LogP contribution in [0, 0.1) is 13.8 Å². The lowest BCUT2D eigenvalue weighted by Crippen LogP contribution is -2.23. The number of nitrogen functional groups attached to an aromatic ring is 1. The van der Waals surface area contributed by atoms with Gasteiger partial charge in [0, 0.05) is 23.6 Å². The molecule has 2 N–H and O–H groups in total. The zero-order valence-electron chi connectivity index (χ0n) is 11.9. The molecule has 0 atom stereocenters. The number of aryl methyl sites for hydroxylation is 2. The van der Waals surface area contributed by atoms with E-state index in [1.54, 1.807) is 0 Å². The fraction of sp³-hybridized carbons (Fsp3) is 0.312. The molecule has 0 aliphatic heterocycles. The summed E-state index contributed by atoms with van der Waals surface area (Å²) < 4.78 is 0. The summed E-state index contributed by atoms with van der Waals surface area (Å²) in [5.41, 5.74) is 11.2. The molecular weight excluding hydrogens is 234 g/mol. The smallest absolute Gasteiger partial charge is 0.0602 e. The average molecular weight is 255 g/mol. The van der Waals surface area contributed by atoms with E-state index in [4.69, 9.17) is 5.73 Å². The second-order valence-electron chi connectivity index (χ2n) is 4.89. The molecule has 2 aromatic rings. The van der Waals surface area contributed by atoms with Crippen LogP contribution in [0.1, 0.15) is 23.9 Å². The van der Waals surface area contributed by atoms with Gasteiger partial charge in [-0.1, -0.05) is 6.07 Å². The number of nitrogens with zero attached hydrogens (tertiary/aromatic N) is 2. The zero-order valence-corrected chi connectivity index (χ0v) is 11.9. The number of nitrogens with two attached hydrogens (primary N) is 1. The van der Waals surface area contributed by atoms with E-state index in [1.165, 1.54) is 5.56 Å². The monoisotopic (exact) mass is 255 g/mol. The van der Waals surface area contributed by atoms with E-state index < -0.39 is 0 Å². The van der Waals surface area contributed by atoms with E-state index in [0.29, 0.717) is 0 Å². The fourth-order valence-corrected chi connectivity index (χ4v) is 2.24. The molecule has 0 amide bonds. The first-order valence-electron chi connectivity index (χ1n) is 6.63. The minimum Gasteiger partial charge on any atom is -0.399 e. The molecule has 2 rings (SSSR count). The number of benzene rings is 1. The SMILES string of the molecule is CCN(Cc1cccc(C)n1)c1cc(C)cc(N)c1. The van der Waals surface area contributed by atoms with Crippen LogP contribution in [0.5, 0.6) is 0 Å². The number of hydrogen-bond acceptors (Lipinski definition) is 3. The van der Waals surface area contributed by atoms with Crippen LogP contribution in [-0.4, -0.2) is 11.5 Å². The number of anilines is 2. The van der Waals surface area contributed by atoms with Gasteiger partial charge in [-0.2, -0.15) is 0 Å². The quantitative estimate of drug-likeness (QED) is 0.852. The van der Waals surface area contributed by atoms with Gasteiger partial charge in [0.1, 0.15) is 0 Å². The number of pyridine rings is 1. The lowest BCUT2D eigenvalue weighted by atomic mass is 10.1. The van der Waals surface area contributed by atoms with Gasteiger partial charge in [-0.25, -0.2) is 0 Å². The third-order valence-corrected chi connectivity index (χ3v) is 3.13. The van der Waals surface area contributed by atoms with Gasteiger partial charge in [-0.15, -0.1) is 0 Å². The molecule has 0 bridgehead atoms. The summed E-state index contributed by atoms with van der Waals surface area (Å²) >= 11 is 0. The Hall–Kier alpha value is -2.03. The van der Waals surface area contributed by atoms with Crippen LogP contribution >= 0.6 is 0 Å². The van der Waals surface area contributed by atoms with Crippen LogP contribution in [0.4, 0.5) is 11.4 Å². The maximum atomic E-state index is 5.93. The standard InChI is InChI=1S/C16H21N3/c1-4-19(11-15-7-5-6-13(3)18-15)16-9-12(2)8-14(17)10-16/h5-10H,4,11,17H2,1-3H3. The van der Waals surface area contributed by atoms with Crippen molar-refractivity contribution in [3.63, 3.8) is 0 Å². The average Bonchev–Trinajstić information content (AvgIpc) is 2.34. The molecule has 1 heterocycles. The summed E-state index contributed by atoms with van der Waals surface area (Å²) in [6.45, 7) is 7.97. The van der Waals surface area contributed by atoms with Crippen LogP contribution in [0.25, 0.3) is 0 Å². The molecule has 19 heavy (non-hydrogen) atoms. The first kappa shape index (κ1) is 13.4. The van der Waals surface area contributed by atoms with Crippen molar-refractivity contribution in [2.45, 2.75) is 27.3 Å². The maximum Gasteiger partial charge on any atom is 0.0602 e. The summed E-state index contributed by atoms with van der Waals surface area (Å²) in [5.74, 6) is 0. The Bertz CT molecular complexity index is 543. The molecule has 3 heteroatoms. The van der Waals surface area contributed by atoms with E-state index >= 15 is 0 Å². The topological polar surface area (TPSA) is 42.2 Å². The normalized spacial score (nSPS) is 10.5. The Morgan fingerprint density at radius 2 is 1.95 bits per heavy atom. The number of rotatable bonds is 4. The summed E-state index contributed by atoms with van der Waals surface area (Å²) in [7, 11) is 0. The van der Waals surface area contributed by atoms with Gasteiger partial charge in [-0.3, -0.25) is 4.98 Å². The Labute approximate surface area is 115 Å². The van der Waals surface area contributed by atoms with E-state index in [9.17, 15) is 0 Å². The van der Waals surface area contributed by atoms with Gasteiger partial charge in [-0.05, 0) is 56.7 Å². The van der Waals surface area contributed by atoms with Gasteiger partial charge in [0.05, 0.1) is 12.2 Å². The van der Waals surface area contributed by atoms with Crippen LogP contribution < -0.4 is 10.6 Å². The predicted molar refractivity (Wildman–Crippen MR) is 81.3 cm³/mol. The number of hydrogen-bond donors (Lipinski definition) is 1. The molecule has 3 nitrogen and oxygen atoms in total. The van der Waals surface area contributed by atoms with E-state index in [0.717, 1.165) is 35.9 Å². The second kappa shape index (κ2) is 5.74. The molecule has 0 saturated heterocycles. The molecule has 1 aromatic carbocycles. The Morgan fingerprint density at radius 3 is 2.58 bits per heavy atom. The molecule has 0 radical (unpaired) electrons. The van der Waals surface area contributed by atoms with Crippen molar-refractivity contribution in [3.8, 4) is 0 Å². The summed E-state index contributed by atoms with van der Waals surface area (Å²) in [5, 5.41) is 0. The van der Waals surface area contributed by atoms with Crippen LogP contribution in [-0.2, 0) is 6.54 Å². The van der Waals surface area contributed by atoms with Gasteiger partial charge in [0.25, 0.3) is 0 Å². The molecule has 100 valence electrons. The first-order valence-corrected chi connectivity index (χ1v) is 6.63. The minimum absolute atomic E-state index is 0.807. The largest absolute Gasteiger partial charge is 0.399 e. The highest BCUT2D eigenvalue weighted by atomic mass is 15.1. The first-order chi connectivity index (χ1) is 9.08. The Balaban J connectivity index is 2.24. The van der Waals surface area contributed by atoms with Crippen molar-refractivity contribution in [1.82, 2.24) is 4.98 Å². The second-order valence-corrected chi connectivity index (χ2v) is 4.89. The van der Waals surface area contributed by atoms with Crippen LogP contribution in [0.3, 0.4) is 0 Å². The molecule has 0 aliphatic carbocycles. The highest BCUT2D eigenvalue weighted by molar-refractivity contribution is 5.58. The Morgan fingerprint density at radius 1 is 1.16 bits per heavy atom. The van der Waals surface area contributed by atoms with Gasteiger partial charge < -0.3 is 10.6 Å². The van der Waals surface area contributed by atoms with Gasteiger partial charge >= 0.3 is 0 Å². The molecule has 0 spiro atoms. The molecule has 0 saturated carbocycles. The molecular formula is C16H21N3. The van der Waals surface area contributed by atoms with Crippen molar-refractivity contribution < 1.29 is 0 Å². The van der Waals surface area contributed by atoms with Crippen LogP contribution in [0.2, 0.25) is 0 Å². The van der Waals surface area contributed by atoms with Crippen LogP contribution in [0.15, 0.2) is 36.4 Å². The maximum absolute atomic E-state index is 5.93. The zero-order chi connectivity index (χ0) is 13.8. The predicted octanol–water partition coefficient (Wildman–Crippen LogP) is 3.31. The minimum atomic E-state index is 0.807. The summed E-state index contributed by atoms with van der Waals surface area (Å²) in [6.07, 6.45) is 0. The van der Waals surface area contributed by atoms with E-state index in [1.807, 2.05) is 25.1 Å².